The van der Waals surface area contributed by atoms with Crippen molar-refractivity contribution in [3.05, 3.63) is 0 Å². The summed E-state index contributed by atoms with van der Waals surface area (Å²) in [7, 11) is 1.90. The van der Waals surface area contributed by atoms with Crippen molar-refractivity contribution in [1.29, 1.82) is 0 Å². The van der Waals surface area contributed by atoms with Gasteiger partial charge in [0.15, 0.2) is 0 Å². The van der Waals surface area contributed by atoms with Gasteiger partial charge in [-0.1, -0.05) is 6.92 Å². The first-order chi connectivity index (χ1) is 8.47. The van der Waals surface area contributed by atoms with Gasteiger partial charge in [-0.05, 0) is 43.9 Å². The molecule has 0 aromatic carbocycles. The quantitative estimate of drug-likeness (QED) is 0.789. The lowest BCUT2D eigenvalue weighted by Gasteiger charge is -2.37. The van der Waals surface area contributed by atoms with Crippen LogP contribution in [-0.4, -0.2) is 41.7 Å². The van der Waals surface area contributed by atoms with Gasteiger partial charge < -0.3 is 15.7 Å². The van der Waals surface area contributed by atoms with E-state index < -0.39 is 0 Å². The van der Waals surface area contributed by atoms with Gasteiger partial charge in [0, 0.05) is 25.6 Å². The molecule has 2 aliphatic carbocycles. The summed E-state index contributed by atoms with van der Waals surface area (Å²) in [6.45, 7) is 2.94. The molecule has 0 bridgehead atoms. The molecule has 0 aromatic heterocycles. The number of aliphatic hydroxyl groups is 1. The average molecular weight is 254 g/mol. The standard InChI is InChI=1S/C14H26N2O2/c1-9-5-11(3-4-13(9)15)14(18)16(2)8-10-6-12(17)7-10/h9-13,17H,3-8,15H2,1-2H3. The fourth-order valence-corrected chi connectivity index (χ4v) is 3.28. The highest BCUT2D eigenvalue weighted by Crippen LogP contribution is 2.31. The average Bonchev–Trinajstić information content (AvgIpc) is 2.29. The van der Waals surface area contributed by atoms with Gasteiger partial charge >= 0.3 is 0 Å². The molecule has 0 saturated heterocycles. The molecule has 3 atom stereocenters. The van der Waals surface area contributed by atoms with Gasteiger partial charge in [-0.2, -0.15) is 0 Å². The van der Waals surface area contributed by atoms with Crippen LogP contribution in [0.1, 0.15) is 39.0 Å². The molecule has 4 nitrogen and oxygen atoms in total. The van der Waals surface area contributed by atoms with Crippen LogP contribution < -0.4 is 5.73 Å². The third-order valence-electron chi connectivity index (χ3n) is 4.70. The zero-order valence-corrected chi connectivity index (χ0v) is 11.5. The highest BCUT2D eigenvalue weighted by molar-refractivity contribution is 5.78. The van der Waals surface area contributed by atoms with E-state index in [1.54, 1.807) is 0 Å². The predicted octanol–water partition coefficient (Wildman–Crippen LogP) is 0.979. The van der Waals surface area contributed by atoms with Crippen molar-refractivity contribution in [2.45, 2.75) is 51.2 Å². The summed E-state index contributed by atoms with van der Waals surface area (Å²) in [5, 5.41) is 9.27. The summed E-state index contributed by atoms with van der Waals surface area (Å²) in [5.41, 5.74) is 5.99. The molecule has 0 spiro atoms. The van der Waals surface area contributed by atoms with Gasteiger partial charge in [0.05, 0.1) is 6.10 Å². The fraction of sp³-hybridized carbons (Fsp3) is 0.929. The van der Waals surface area contributed by atoms with Crippen molar-refractivity contribution >= 4 is 5.91 Å². The number of hydrogen-bond donors (Lipinski definition) is 2. The summed E-state index contributed by atoms with van der Waals surface area (Å²) in [4.78, 5) is 14.2. The Balaban J connectivity index is 1.79. The second-order valence-corrected chi connectivity index (χ2v) is 6.36. The monoisotopic (exact) mass is 254 g/mol. The van der Waals surface area contributed by atoms with E-state index in [1.165, 1.54) is 0 Å². The topological polar surface area (TPSA) is 66.6 Å². The van der Waals surface area contributed by atoms with E-state index in [2.05, 4.69) is 6.92 Å². The van der Waals surface area contributed by atoms with E-state index in [0.717, 1.165) is 38.6 Å². The largest absolute Gasteiger partial charge is 0.393 e. The van der Waals surface area contributed by atoms with E-state index in [4.69, 9.17) is 5.73 Å². The fourth-order valence-electron chi connectivity index (χ4n) is 3.28. The zero-order chi connectivity index (χ0) is 13.3. The molecule has 0 heterocycles. The minimum Gasteiger partial charge on any atom is -0.393 e. The Morgan fingerprint density at radius 1 is 1.33 bits per heavy atom. The van der Waals surface area contributed by atoms with Crippen LogP contribution in [0.15, 0.2) is 0 Å². The molecule has 2 rings (SSSR count). The number of rotatable bonds is 3. The van der Waals surface area contributed by atoms with Crippen LogP contribution >= 0.6 is 0 Å². The third-order valence-corrected chi connectivity index (χ3v) is 4.70. The summed E-state index contributed by atoms with van der Waals surface area (Å²) in [6.07, 6.45) is 4.39. The van der Waals surface area contributed by atoms with Crippen LogP contribution in [0.3, 0.4) is 0 Å². The molecule has 104 valence electrons. The van der Waals surface area contributed by atoms with E-state index in [1.807, 2.05) is 11.9 Å². The van der Waals surface area contributed by atoms with Crippen LogP contribution in [0.25, 0.3) is 0 Å². The number of amides is 1. The highest BCUT2D eigenvalue weighted by Gasteiger charge is 2.33. The van der Waals surface area contributed by atoms with E-state index in [9.17, 15) is 9.90 Å². The van der Waals surface area contributed by atoms with Crippen molar-refractivity contribution in [3.63, 3.8) is 0 Å². The number of nitrogens with two attached hydrogens (primary N) is 1. The van der Waals surface area contributed by atoms with Crippen molar-refractivity contribution in [2.75, 3.05) is 13.6 Å². The molecule has 3 N–H and O–H groups in total. The summed E-state index contributed by atoms with van der Waals surface area (Å²) in [5.74, 6) is 1.38. The van der Waals surface area contributed by atoms with Crippen LogP contribution in [0, 0.1) is 17.8 Å². The molecular weight excluding hydrogens is 228 g/mol. The molecule has 2 saturated carbocycles. The molecule has 0 aliphatic heterocycles. The summed E-state index contributed by atoms with van der Waals surface area (Å²) >= 11 is 0. The Kier molecular flexibility index (Phi) is 4.28. The van der Waals surface area contributed by atoms with E-state index in [0.29, 0.717) is 11.8 Å². The van der Waals surface area contributed by atoms with Crippen molar-refractivity contribution < 1.29 is 9.90 Å². The van der Waals surface area contributed by atoms with Crippen LogP contribution in [0.4, 0.5) is 0 Å². The Morgan fingerprint density at radius 2 is 2.00 bits per heavy atom. The number of carbonyl (C=O) groups excluding carboxylic acids is 1. The molecule has 2 aliphatic rings. The van der Waals surface area contributed by atoms with Gasteiger partial charge in [-0.25, -0.2) is 0 Å². The first-order valence-corrected chi connectivity index (χ1v) is 7.16. The number of nitrogens with zero attached hydrogens (tertiary/aromatic N) is 1. The third kappa shape index (κ3) is 3.04. The lowest BCUT2D eigenvalue weighted by Crippen LogP contribution is -2.44. The maximum atomic E-state index is 12.3. The van der Waals surface area contributed by atoms with Crippen molar-refractivity contribution in [1.82, 2.24) is 4.90 Å². The minimum atomic E-state index is -0.133. The number of aliphatic hydroxyl groups excluding tert-OH is 1. The first kappa shape index (κ1) is 13.8. The molecular formula is C14H26N2O2. The van der Waals surface area contributed by atoms with Gasteiger partial charge in [0.1, 0.15) is 0 Å². The van der Waals surface area contributed by atoms with Gasteiger partial charge in [0.25, 0.3) is 0 Å². The number of hydrogen-bond acceptors (Lipinski definition) is 3. The Labute approximate surface area is 110 Å². The van der Waals surface area contributed by atoms with E-state index in [-0.39, 0.29) is 24.0 Å². The summed E-state index contributed by atoms with van der Waals surface area (Å²) < 4.78 is 0. The Hall–Kier alpha value is -0.610. The first-order valence-electron chi connectivity index (χ1n) is 7.16. The second kappa shape index (κ2) is 5.57. The lowest BCUT2D eigenvalue weighted by atomic mass is 9.78. The maximum Gasteiger partial charge on any atom is 0.225 e. The normalized spacial score (nSPS) is 40.1. The van der Waals surface area contributed by atoms with Crippen molar-refractivity contribution in [3.8, 4) is 0 Å². The number of carbonyl (C=O) groups is 1. The maximum absolute atomic E-state index is 12.3. The van der Waals surface area contributed by atoms with Crippen LogP contribution in [0.2, 0.25) is 0 Å². The van der Waals surface area contributed by atoms with E-state index >= 15 is 0 Å². The molecule has 0 aromatic rings. The summed E-state index contributed by atoms with van der Waals surface area (Å²) in [6, 6.07) is 0.265. The highest BCUT2D eigenvalue weighted by atomic mass is 16.3. The SMILES string of the molecule is CC1CC(C(=O)N(C)CC2CC(O)C2)CCC1N. The minimum absolute atomic E-state index is 0.133. The smallest absolute Gasteiger partial charge is 0.225 e. The molecule has 0 radical (unpaired) electrons. The predicted molar refractivity (Wildman–Crippen MR) is 70.8 cm³/mol. The lowest BCUT2D eigenvalue weighted by molar-refractivity contribution is -0.137. The molecule has 2 fully saturated rings. The Morgan fingerprint density at radius 3 is 2.56 bits per heavy atom. The molecule has 18 heavy (non-hydrogen) atoms. The molecule has 3 unspecified atom stereocenters. The second-order valence-electron chi connectivity index (χ2n) is 6.36. The zero-order valence-electron chi connectivity index (χ0n) is 11.5. The van der Waals surface area contributed by atoms with Crippen LogP contribution in [-0.2, 0) is 4.79 Å². The van der Waals surface area contributed by atoms with Gasteiger partial charge in [-0.15, -0.1) is 0 Å². The van der Waals surface area contributed by atoms with Gasteiger partial charge in [-0.3, -0.25) is 4.79 Å². The van der Waals surface area contributed by atoms with Gasteiger partial charge in [0.2, 0.25) is 5.91 Å². The Bertz CT molecular complexity index is 302. The van der Waals surface area contributed by atoms with Crippen LogP contribution in [0.5, 0.6) is 0 Å². The van der Waals surface area contributed by atoms with Crippen molar-refractivity contribution in [2.24, 2.45) is 23.5 Å². The molecule has 4 heteroatoms. The molecule has 1 amide bonds.